The lowest BCUT2D eigenvalue weighted by Gasteiger charge is -2.40. The highest BCUT2D eigenvalue weighted by molar-refractivity contribution is 6.30. The van der Waals surface area contributed by atoms with Crippen LogP contribution < -0.4 is 5.73 Å². The van der Waals surface area contributed by atoms with Gasteiger partial charge in [-0.1, -0.05) is 29.8 Å². The number of aromatic amines is 1. The van der Waals surface area contributed by atoms with Gasteiger partial charge in [-0.3, -0.25) is 14.8 Å². The number of nitrogen functional groups attached to an aromatic ring is 1. The highest BCUT2D eigenvalue weighted by Gasteiger charge is 2.39. The molecule has 264 valence electrons. The van der Waals surface area contributed by atoms with Gasteiger partial charge in [-0.05, 0) is 29.8 Å². The smallest absolute Gasteiger partial charge is 0.475 e. The third kappa shape index (κ3) is 11.0. The number of amides is 1. The van der Waals surface area contributed by atoms with Crippen LogP contribution in [0, 0.1) is 0 Å². The Kier molecular flexibility index (Phi) is 12.8. The van der Waals surface area contributed by atoms with Gasteiger partial charge in [-0.15, -0.1) is 0 Å². The third-order valence-corrected chi connectivity index (χ3v) is 6.81. The van der Waals surface area contributed by atoms with Crippen molar-refractivity contribution in [3.05, 3.63) is 65.2 Å². The second-order valence-electron chi connectivity index (χ2n) is 10.0. The van der Waals surface area contributed by atoms with Gasteiger partial charge in [0.05, 0.1) is 18.7 Å². The van der Waals surface area contributed by atoms with E-state index in [2.05, 4.69) is 30.0 Å². The van der Waals surface area contributed by atoms with Crippen LogP contribution in [0.5, 0.6) is 0 Å². The van der Waals surface area contributed by atoms with Gasteiger partial charge in [0.1, 0.15) is 24.0 Å². The minimum absolute atomic E-state index is 0.00924. The van der Waals surface area contributed by atoms with Crippen LogP contribution in [0.4, 0.5) is 32.2 Å². The lowest BCUT2D eigenvalue weighted by Crippen LogP contribution is -2.57. The van der Waals surface area contributed by atoms with Crippen LogP contribution in [-0.4, -0.2) is 108 Å². The lowest BCUT2D eigenvalue weighted by atomic mass is 10.1. The number of halogens is 7. The van der Waals surface area contributed by atoms with Gasteiger partial charge in [0.2, 0.25) is 5.91 Å². The molecule has 21 heteroatoms. The van der Waals surface area contributed by atoms with Gasteiger partial charge >= 0.3 is 24.3 Å². The van der Waals surface area contributed by atoms with E-state index in [1.807, 2.05) is 41.3 Å². The lowest BCUT2D eigenvalue weighted by molar-refractivity contribution is -0.193. The molecule has 3 heterocycles. The molecule has 0 spiro atoms. The first kappa shape index (κ1) is 38.4. The van der Waals surface area contributed by atoms with Crippen molar-refractivity contribution >= 4 is 46.2 Å². The fraction of sp³-hybridized carbons (Fsp3) is 0.321. The molecule has 49 heavy (non-hydrogen) atoms. The van der Waals surface area contributed by atoms with Gasteiger partial charge in [0.25, 0.3) is 0 Å². The summed E-state index contributed by atoms with van der Waals surface area (Å²) in [6.07, 6.45) is -8.72. The number of carbonyl (C=O) groups is 3. The summed E-state index contributed by atoms with van der Waals surface area (Å²) >= 11 is 6.09. The Balaban J connectivity index is 0.000000392. The Hall–Kier alpha value is -5.08. The van der Waals surface area contributed by atoms with Gasteiger partial charge in [-0.25, -0.2) is 24.5 Å². The molecule has 5 N–H and O–H groups in total. The van der Waals surface area contributed by atoms with Crippen LogP contribution in [0.25, 0.3) is 22.3 Å². The minimum Gasteiger partial charge on any atom is -0.475 e. The number of benzene rings is 2. The van der Waals surface area contributed by atoms with E-state index in [1.165, 1.54) is 6.33 Å². The number of H-pyrrole nitrogens is 1. The molecule has 0 bridgehead atoms. The van der Waals surface area contributed by atoms with Crippen molar-refractivity contribution in [1.82, 2.24) is 34.9 Å². The van der Waals surface area contributed by atoms with E-state index < -0.39 is 30.3 Å². The topological polar surface area (TPSA) is 201 Å². The zero-order valence-corrected chi connectivity index (χ0v) is 25.9. The fourth-order valence-corrected chi connectivity index (χ4v) is 4.51. The summed E-state index contributed by atoms with van der Waals surface area (Å²) in [5, 5.41) is 23.0. The van der Waals surface area contributed by atoms with Crippen molar-refractivity contribution in [2.75, 3.05) is 32.5 Å². The number of hydrogen-bond acceptors (Lipinski definition) is 10. The second-order valence-corrected chi connectivity index (χ2v) is 10.5. The van der Waals surface area contributed by atoms with Crippen LogP contribution in [0.15, 0.2) is 48.8 Å². The van der Waals surface area contributed by atoms with E-state index in [9.17, 15) is 31.1 Å². The normalized spacial score (nSPS) is 15.2. The van der Waals surface area contributed by atoms with Crippen molar-refractivity contribution in [2.45, 2.75) is 31.5 Å². The number of nitrogens with one attached hydrogen (secondary N) is 1. The number of anilines is 1. The number of aromatic nitrogens is 5. The van der Waals surface area contributed by atoms with Crippen molar-refractivity contribution in [3.8, 4) is 11.4 Å². The summed E-state index contributed by atoms with van der Waals surface area (Å²) in [6, 6.07) is 12.8. The maximum absolute atomic E-state index is 13.4. The van der Waals surface area contributed by atoms with E-state index in [0.717, 1.165) is 22.0 Å². The Bertz CT molecular complexity index is 1750. The number of carbonyl (C=O) groups excluding carboxylic acids is 1. The quantitative estimate of drug-likeness (QED) is 0.202. The van der Waals surface area contributed by atoms with E-state index in [4.69, 9.17) is 41.9 Å². The summed E-state index contributed by atoms with van der Waals surface area (Å²) in [7, 11) is 1.60. The largest absolute Gasteiger partial charge is 0.490 e. The molecule has 1 aliphatic rings. The summed E-state index contributed by atoms with van der Waals surface area (Å²) in [6.45, 7) is 2.47. The van der Waals surface area contributed by atoms with Crippen LogP contribution in [0.3, 0.4) is 0 Å². The molecule has 14 nitrogen and oxygen atoms in total. The molecular formula is C28H27ClF6N8O6. The highest BCUT2D eigenvalue weighted by Crippen LogP contribution is 2.23. The molecule has 5 rings (SSSR count). The number of nitrogens with zero attached hydrogens (tertiary/aromatic N) is 6. The number of carboxylic acid groups (broad SMARTS) is 2. The number of nitrogens with two attached hydrogens (primary N) is 1. The van der Waals surface area contributed by atoms with Crippen LogP contribution >= 0.6 is 11.6 Å². The summed E-state index contributed by atoms with van der Waals surface area (Å²) in [5.74, 6) is -3.82. The van der Waals surface area contributed by atoms with E-state index in [1.54, 1.807) is 13.2 Å². The molecule has 2 aromatic heterocycles. The molecule has 1 saturated heterocycles. The number of fused-ring (bicyclic) bond motifs is 1. The molecule has 0 aliphatic carbocycles. The van der Waals surface area contributed by atoms with Crippen molar-refractivity contribution in [1.29, 1.82) is 0 Å². The van der Waals surface area contributed by atoms with Gasteiger partial charge < -0.3 is 25.6 Å². The van der Waals surface area contributed by atoms with Crippen molar-refractivity contribution < 1.29 is 55.7 Å². The Morgan fingerprint density at radius 1 is 1.02 bits per heavy atom. The van der Waals surface area contributed by atoms with Gasteiger partial charge in [0, 0.05) is 42.7 Å². The first-order chi connectivity index (χ1) is 22.9. The van der Waals surface area contributed by atoms with Crippen LogP contribution in [0.2, 0.25) is 5.02 Å². The van der Waals surface area contributed by atoms with Crippen molar-refractivity contribution in [3.63, 3.8) is 0 Å². The number of hydrogen-bond donors (Lipinski definition) is 4. The second kappa shape index (κ2) is 16.3. The van der Waals surface area contributed by atoms with Crippen molar-refractivity contribution in [2.24, 2.45) is 0 Å². The highest BCUT2D eigenvalue weighted by atomic mass is 35.5. The van der Waals surface area contributed by atoms with E-state index >= 15 is 0 Å². The van der Waals surface area contributed by atoms with Crippen LogP contribution in [0.1, 0.15) is 11.4 Å². The molecule has 4 aromatic rings. The van der Waals surface area contributed by atoms with Crippen LogP contribution in [-0.2, 0) is 32.2 Å². The average Bonchev–Trinajstić information content (AvgIpc) is 3.49. The Labute approximate surface area is 277 Å². The summed E-state index contributed by atoms with van der Waals surface area (Å²) < 4.78 is 68.9. The first-order valence-electron chi connectivity index (χ1n) is 13.7. The Morgan fingerprint density at radius 2 is 1.67 bits per heavy atom. The number of ether oxygens (including phenoxy) is 1. The predicted molar refractivity (Wildman–Crippen MR) is 160 cm³/mol. The van der Waals surface area contributed by atoms with E-state index in [-0.39, 0.29) is 12.5 Å². The standard InChI is InChI=1S/C24H25ClN8O2.2C2HF3O2/c1-35-13-20-24(34)33(11-15-5-6-18-19(9-15)27-14-28-22(18)26)8-7-32(20)12-21-29-23(31-30-21)16-3-2-4-17(25)10-16;2*3-2(4,5)1(6)7/h2-6,9-10,14,20H,7-8,11-13H2,1H3,(H2,26,27,28)(H,29,30,31);2*(H,6,7)/t20-;;/m0../s1. The number of aliphatic carboxylic acids is 2. The molecule has 1 fully saturated rings. The molecule has 0 unspecified atom stereocenters. The molecule has 1 amide bonds. The number of alkyl halides is 6. The number of carboxylic acids is 2. The molecule has 0 saturated carbocycles. The summed E-state index contributed by atoms with van der Waals surface area (Å²) in [4.78, 5) is 48.0. The average molecular weight is 721 g/mol. The van der Waals surface area contributed by atoms with E-state index in [0.29, 0.717) is 48.7 Å². The van der Waals surface area contributed by atoms with Gasteiger partial charge in [0.15, 0.2) is 5.82 Å². The fourth-order valence-electron chi connectivity index (χ4n) is 4.32. The monoisotopic (exact) mass is 720 g/mol. The molecule has 1 aliphatic heterocycles. The predicted octanol–water partition coefficient (Wildman–Crippen LogP) is 3.78. The zero-order valence-electron chi connectivity index (χ0n) is 25.2. The number of rotatable bonds is 7. The summed E-state index contributed by atoms with van der Waals surface area (Å²) in [5.41, 5.74) is 8.50. The van der Waals surface area contributed by atoms with Gasteiger partial charge in [-0.2, -0.15) is 31.4 Å². The minimum atomic E-state index is -5.08. The SMILES string of the molecule is COC[C@H]1C(=O)N(Cc2ccc3c(N)ncnc3c2)CCN1Cc1nc(-c2cccc(Cl)c2)n[nH]1.O=C(O)C(F)(F)F.O=C(O)C(F)(F)F. The first-order valence-corrected chi connectivity index (χ1v) is 14.1. The zero-order chi connectivity index (χ0) is 36.5. The third-order valence-electron chi connectivity index (χ3n) is 6.58. The molecule has 0 radical (unpaired) electrons. The number of piperazine rings is 1. The molecule has 1 atom stereocenters. The maximum Gasteiger partial charge on any atom is 0.490 e. The molecular weight excluding hydrogens is 694 g/mol. The number of methoxy groups -OCH3 is 1. The Morgan fingerprint density at radius 3 is 2.27 bits per heavy atom. The molecule has 2 aromatic carbocycles. The maximum atomic E-state index is 13.4.